The molecule has 0 amide bonds. The van der Waals surface area contributed by atoms with E-state index in [1.54, 1.807) is 6.20 Å². The Labute approximate surface area is 190 Å². The highest BCUT2D eigenvalue weighted by Crippen LogP contribution is 2.28. The van der Waals surface area contributed by atoms with Crippen LogP contribution in [0.2, 0.25) is 5.28 Å². The molecule has 1 N–H and O–H groups in total. The molecule has 168 valence electrons. The Balaban J connectivity index is 1.63. The number of likely N-dealkylation sites (N-methyl/N-ethyl adjacent to an activating group) is 1. The molecule has 4 rings (SSSR count). The third-order valence-electron chi connectivity index (χ3n) is 4.78. The number of fused-ring (bicyclic) bond motifs is 2. The average molecular weight is 456 g/mol. The first-order valence-corrected chi connectivity index (χ1v) is 10.6. The van der Waals surface area contributed by atoms with Crippen molar-refractivity contribution in [3.05, 3.63) is 41.9 Å². The van der Waals surface area contributed by atoms with Gasteiger partial charge in [-0.15, -0.1) is 0 Å². The van der Waals surface area contributed by atoms with Gasteiger partial charge in [0, 0.05) is 30.4 Å². The molecule has 10 heteroatoms. The summed E-state index contributed by atoms with van der Waals surface area (Å²) in [5.74, 6) is 0.613. The van der Waals surface area contributed by atoms with Crippen LogP contribution in [0.4, 0.5) is 16.3 Å². The maximum absolute atomic E-state index is 12.4. The molecule has 0 saturated heterocycles. The van der Waals surface area contributed by atoms with Crippen molar-refractivity contribution in [1.82, 2.24) is 29.2 Å². The predicted molar refractivity (Wildman–Crippen MR) is 126 cm³/mol. The second-order valence-corrected chi connectivity index (χ2v) is 9.16. The van der Waals surface area contributed by atoms with E-state index in [0.717, 1.165) is 35.2 Å². The summed E-state index contributed by atoms with van der Waals surface area (Å²) in [5, 5.41) is 9.35. The molecule has 3 aromatic heterocycles. The van der Waals surface area contributed by atoms with E-state index in [1.165, 1.54) is 4.68 Å². The first-order chi connectivity index (χ1) is 15.1. The first kappa shape index (κ1) is 22.0. The van der Waals surface area contributed by atoms with Crippen LogP contribution in [0.1, 0.15) is 20.8 Å². The van der Waals surface area contributed by atoms with Crippen molar-refractivity contribution in [3.63, 3.8) is 0 Å². The Morgan fingerprint density at radius 2 is 2.00 bits per heavy atom. The summed E-state index contributed by atoms with van der Waals surface area (Å²) in [7, 11) is 4.06. The van der Waals surface area contributed by atoms with E-state index in [-0.39, 0.29) is 5.28 Å². The van der Waals surface area contributed by atoms with E-state index < -0.39 is 11.7 Å². The van der Waals surface area contributed by atoms with E-state index in [9.17, 15) is 4.79 Å². The average Bonchev–Trinajstić information content (AvgIpc) is 3.28. The van der Waals surface area contributed by atoms with Crippen LogP contribution in [0.5, 0.6) is 0 Å². The van der Waals surface area contributed by atoms with Gasteiger partial charge < -0.3 is 19.5 Å². The topological polar surface area (TPSA) is 90.1 Å². The Bertz CT molecular complexity index is 1290. The van der Waals surface area contributed by atoms with Crippen LogP contribution < -0.4 is 5.32 Å². The highest BCUT2D eigenvalue weighted by Gasteiger charge is 2.20. The summed E-state index contributed by atoms with van der Waals surface area (Å²) in [6, 6.07) is 7.55. The van der Waals surface area contributed by atoms with Gasteiger partial charge in [0.05, 0.1) is 17.1 Å². The zero-order chi connectivity index (χ0) is 23.0. The molecule has 4 aromatic rings. The predicted octanol–water partition coefficient (Wildman–Crippen LogP) is 4.52. The van der Waals surface area contributed by atoms with Gasteiger partial charge >= 0.3 is 6.09 Å². The highest BCUT2D eigenvalue weighted by molar-refractivity contribution is 6.28. The molecule has 32 heavy (non-hydrogen) atoms. The number of aromatic nitrogens is 5. The number of carbonyl (C=O) groups excluding carboxylic acids is 1. The van der Waals surface area contributed by atoms with Crippen LogP contribution in [0.3, 0.4) is 0 Å². The number of nitrogens with zero attached hydrogens (tertiary/aromatic N) is 6. The maximum atomic E-state index is 12.4. The third kappa shape index (κ3) is 4.68. The van der Waals surface area contributed by atoms with Crippen LogP contribution in [-0.2, 0) is 11.3 Å². The molecule has 0 spiro atoms. The third-order valence-corrected chi connectivity index (χ3v) is 4.95. The number of ether oxygens (including phenoxy) is 1. The molecule has 0 aliphatic carbocycles. The van der Waals surface area contributed by atoms with Gasteiger partial charge in [0.1, 0.15) is 17.1 Å². The Hall–Kier alpha value is -3.17. The maximum Gasteiger partial charge on any atom is 0.435 e. The van der Waals surface area contributed by atoms with Gasteiger partial charge in [0.2, 0.25) is 5.28 Å². The van der Waals surface area contributed by atoms with Crippen molar-refractivity contribution in [3.8, 4) is 0 Å². The van der Waals surface area contributed by atoms with Crippen LogP contribution in [0.25, 0.3) is 21.9 Å². The summed E-state index contributed by atoms with van der Waals surface area (Å²) in [5.41, 5.74) is 1.62. The number of hydrogen-bond acceptors (Lipinski definition) is 7. The van der Waals surface area contributed by atoms with E-state index >= 15 is 0 Å². The minimum absolute atomic E-state index is 0.170. The highest BCUT2D eigenvalue weighted by atomic mass is 35.5. The lowest BCUT2D eigenvalue weighted by atomic mass is 10.2. The van der Waals surface area contributed by atoms with E-state index in [0.29, 0.717) is 11.3 Å². The second kappa shape index (κ2) is 8.40. The standard InChI is InChI=1S/C22H26ClN7O2/c1-22(2,3)32-21(31)30-17-7-6-15(12-14(17)13-24-30)25-18-16-8-9-29(11-10-28(4)5)19(16)27-20(23)26-18/h6-9,12-13H,10-11H2,1-5H3,(H,25,26,27). The Morgan fingerprint density at radius 3 is 2.72 bits per heavy atom. The number of rotatable bonds is 5. The molecule has 0 fully saturated rings. The van der Waals surface area contributed by atoms with E-state index in [2.05, 4.69) is 29.9 Å². The fourth-order valence-corrected chi connectivity index (χ4v) is 3.48. The summed E-state index contributed by atoms with van der Waals surface area (Å²) >= 11 is 6.22. The fraction of sp³-hybridized carbons (Fsp3) is 0.364. The number of benzene rings is 1. The number of anilines is 2. The molecule has 0 unspecified atom stereocenters. The van der Waals surface area contributed by atoms with Crippen LogP contribution >= 0.6 is 11.6 Å². The zero-order valence-corrected chi connectivity index (χ0v) is 19.5. The van der Waals surface area contributed by atoms with Crippen molar-refractivity contribution >= 4 is 51.1 Å². The molecule has 9 nitrogen and oxygen atoms in total. The molecule has 0 saturated carbocycles. The molecule has 0 radical (unpaired) electrons. The van der Waals surface area contributed by atoms with Crippen molar-refractivity contribution in [1.29, 1.82) is 0 Å². The fourth-order valence-electron chi connectivity index (χ4n) is 3.32. The van der Waals surface area contributed by atoms with Crippen molar-refractivity contribution in [2.75, 3.05) is 26.0 Å². The lowest BCUT2D eigenvalue weighted by Crippen LogP contribution is -2.27. The number of carbonyl (C=O) groups is 1. The van der Waals surface area contributed by atoms with Gasteiger partial charge in [-0.2, -0.15) is 19.7 Å². The van der Waals surface area contributed by atoms with Crippen LogP contribution in [0.15, 0.2) is 36.7 Å². The lowest BCUT2D eigenvalue weighted by molar-refractivity contribution is 0.0522. The van der Waals surface area contributed by atoms with Gasteiger partial charge in [0.15, 0.2) is 0 Å². The summed E-state index contributed by atoms with van der Waals surface area (Å²) in [6.45, 7) is 7.13. The van der Waals surface area contributed by atoms with Gasteiger partial charge in [-0.25, -0.2) is 4.79 Å². The van der Waals surface area contributed by atoms with Gasteiger partial charge in [0.25, 0.3) is 0 Å². The van der Waals surface area contributed by atoms with Crippen molar-refractivity contribution in [2.24, 2.45) is 0 Å². The second-order valence-electron chi connectivity index (χ2n) is 8.83. The monoisotopic (exact) mass is 455 g/mol. The van der Waals surface area contributed by atoms with Gasteiger partial charge in [-0.3, -0.25) is 0 Å². The lowest BCUT2D eigenvalue weighted by Gasteiger charge is -2.19. The number of nitrogens with one attached hydrogen (secondary N) is 1. The van der Waals surface area contributed by atoms with E-state index in [4.69, 9.17) is 16.3 Å². The summed E-state index contributed by atoms with van der Waals surface area (Å²) in [6.07, 6.45) is 3.10. The molecule has 0 atom stereocenters. The minimum Gasteiger partial charge on any atom is -0.442 e. The Morgan fingerprint density at radius 1 is 1.22 bits per heavy atom. The van der Waals surface area contributed by atoms with Crippen molar-refractivity contribution < 1.29 is 9.53 Å². The van der Waals surface area contributed by atoms with Crippen molar-refractivity contribution in [2.45, 2.75) is 32.9 Å². The molecule has 1 aromatic carbocycles. The summed E-state index contributed by atoms with van der Waals surface area (Å²) < 4.78 is 8.74. The minimum atomic E-state index is -0.600. The number of hydrogen-bond donors (Lipinski definition) is 1. The molecule has 0 aliphatic heterocycles. The summed E-state index contributed by atoms with van der Waals surface area (Å²) in [4.78, 5) is 23.3. The molecular formula is C22H26ClN7O2. The Kier molecular flexibility index (Phi) is 5.79. The molecular weight excluding hydrogens is 430 g/mol. The normalized spacial score (nSPS) is 12.1. The largest absolute Gasteiger partial charge is 0.442 e. The SMILES string of the molecule is CN(C)CCn1ccc2c(Nc3ccc4c(cnn4C(=O)OC(C)(C)C)c3)nc(Cl)nc21. The molecule has 0 aliphatic rings. The molecule has 3 heterocycles. The van der Waals surface area contributed by atoms with Gasteiger partial charge in [-0.1, -0.05) is 0 Å². The van der Waals surface area contributed by atoms with Gasteiger partial charge in [-0.05, 0) is 70.7 Å². The van der Waals surface area contributed by atoms with Crippen LogP contribution in [-0.4, -0.2) is 61.5 Å². The smallest absolute Gasteiger partial charge is 0.435 e. The van der Waals surface area contributed by atoms with E-state index in [1.807, 2.05) is 65.3 Å². The first-order valence-electron chi connectivity index (χ1n) is 10.3. The number of halogens is 1. The van der Waals surface area contributed by atoms with Crippen LogP contribution in [0, 0.1) is 0 Å². The quantitative estimate of drug-likeness (QED) is 0.442. The zero-order valence-electron chi connectivity index (χ0n) is 18.8. The molecule has 0 bridgehead atoms.